The number of urea groups is 1. The van der Waals surface area contributed by atoms with E-state index in [1.165, 1.54) is 9.80 Å². The van der Waals surface area contributed by atoms with Crippen LogP contribution < -0.4 is 10.2 Å². The third kappa shape index (κ3) is 7.40. The molecule has 57 heavy (non-hydrogen) atoms. The van der Waals surface area contributed by atoms with Crippen molar-refractivity contribution in [3.8, 4) is 11.1 Å². The van der Waals surface area contributed by atoms with Gasteiger partial charge in [0.2, 0.25) is 11.8 Å². The van der Waals surface area contributed by atoms with Crippen molar-refractivity contribution in [2.24, 2.45) is 0 Å². The predicted octanol–water partition coefficient (Wildman–Crippen LogP) is 5.92. The lowest BCUT2D eigenvalue weighted by atomic mass is 9.88. The van der Waals surface area contributed by atoms with Gasteiger partial charge >= 0.3 is 6.03 Å². The summed E-state index contributed by atoms with van der Waals surface area (Å²) >= 11 is 6.39. The van der Waals surface area contributed by atoms with Crippen LogP contribution in [0.15, 0.2) is 79.1 Å². The van der Waals surface area contributed by atoms with E-state index < -0.39 is 11.8 Å². The quantitative estimate of drug-likeness (QED) is 0.190. The molecule has 0 saturated carbocycles. The molecule has 15 heteroatoms. The standard InChI is InChI=1S/C42H40ClFN8O5/c1-48(2)41(56)34-21-32-30(20-31(38(44)39(32)46-34)28-5-3-15-49(22-28)37(54)13-17-51-16-4-14-45-51)26-8-6-25(7-9-26)29-23-50(24-29)40(55)27-10-11-33(43)35(19-27)52-18-12-36(53)47-42(52)57/h4-11,14,16,19-21,29,46H,3,12-13,15,17-18,22-24H2,1-2H3,(H,47,53,57). The topological polar surface area (TPSA) is 144 Å². The number of imide groups is 1. The molecule has 2 N–H and O–H groups in total. The summed E-state index contributed by atoms with van der Waals surface area (Å²) in [5.41, 5.74) is 4.88. The van der Waals surface area contributed by atoms with Gasteiger partial charge in [-0.1, -0.05) is 41.9 Å². The molecule has 8 rings (SSSR count). The SMILES string of the molecule is CN(C)C(=O)c1cc2c(-c3ccc(C4CN(C(=O)c5ccc(Cl)c(N6CCC(=O)NC6=O)c5)C4)cc3)cc(C3=CCCN(C(=O)CCn4cccn4)C3)c(F)c2[nH]1. The number of H-pyrrole nitrogens is 1. The molecular weight excluding hydrogens is 751 g/mol. The monoisotopic (exact) mass is 790 g/mol. The number of hydrogen-bond acceptors (Lipinski definition) is 6. The zero-order valence-electron chi connectivity index (χ0n) is 31.4. The molecule has 0 spiro atoms. The number of nitrogens with zero attached hydrogens (tertiary/aromatic N) is 6. The molecule has 2 aromatic heterocycles. The number of fused-ring (bicyclic) bond motifs is 1. The molecule has 3 aromatic carbocycles. The Morgan fingerprint density at radius 3 is 2.49 bits per heavy atom. The Hall–Kier alpha value is -6.28. The first kappa shape index (κ1) is 37.6. The Bertz CT molecular complexity index is 2450. The highest BCUT2D eigenvalue weighted by molar-refractivity contribution is 6.34. The minimum absolute atomic E-state index is 0.0356. The van der Waals surface area contributed by atoms with E-state index in [2.05, 4.69) is 15.4 Å². The van der Waals surface area contributed by atoms with Crippen molar-refractivity contribution in [1.82, 2.24) is 34.8 Å². The maximum absolute atomic E-state index is 16.5. The number of aryl methyl sites for hydroxylation is 1. The fraction of sp³-hybridized carbons (Fsp3) is 0.286. The third-order valence-electron chi connectivity index (χ3n) is 10.9. The maximum Gasteiger partial charge on any atom is 0.328 e. The van der Waals surface area contributed by atoms with Gasteiger partial charge in [-0.3, -0.25) is 34.1 Å². The van der Waals surface area contributed by atoms with E-state index in [0.29, 0.717) is 65.4 Å². The number of aromatic nitrogens is 3. The summed E-state index contributed by atoms with van der Waals surface area (Å²) in [5, 5.41) is 7.33. The molecule has 0 bridgehead atoms. The molecular formula is C42H40ClFN8O5. The van der Waals surface area contributed by atoms with Crippen LogP contribution in [0.1, 0.15) is 57.2 Å². The van der Waals surface area contributed by atoms with Gasteiger partial charge in [0.15, 0.2) is 5.82 Å². The van der Waals surface area contributed by atoms with E-state index in [9.17, 15) is 24.0 Å². The molecule has 0 radical (unpaired) electrons. The summed E-state index contributed by atoms with van der Waals surface area (Å²) in [6.45, 7) is 2.38. The van der Waals surface area contributed by atoms with E-state index in [4.69, 9.17) is 11.6 Å². The summed E-state index contributed by atoms with van der Waals surface area (Å²) in [6.07, 6.45) is 6.45. The average Bonchev–Trinajstić information content (AvgIpc) is 3.88. The van der Waals surface area contributed by atoms with Gasteiger partial charge in [0.1, 0.15) is 5.69 Å². The van der Waals surface area contributed by atoms with Crippen LogP contribution in [0.25, 0.3) is 27.6 Å². The minimum Gasteiger partial charge on any atom is -0.348 e. The van der Waals surface area contributed by atoms with Crippen LogP contribution >= 0.6 is 11.6 Å². The van der Waals surface area contributed by atoms with Crippen molar-refractivity contribution < 1.29 is 28.4 Å². The minimum atomic E-state index is -0.579. The molecule has 292 valence electrons. The molecule has 2 fully saturated rings. The van der Waals surface area contributed by atoms with Crippen molar-refractivity contribution in [2.45, 2.75) is 31.7 Å². The van der Waals surface area contributed by atoms with Crippen molar-refractivity contribution in [3.63, 3.8) is 0 Å². The second kappa shape index (κ2) is 15.3. The lowest BCUT2D eigenvalue weighted by molar-refractivity contribution is -0.131. The first-order chi connectivity index (χ1) is 27.4. The summed E-state index contributed by atoms with van der Waals surface area (Å²) in [6, 6.07) is 17.5. The third-order valence-corrected chi connectivity index (χ3v) is 11.2. The summed E-state index contributed by atoms with van der Waals surface area (Å²) in [5.74, 6) is -1.28. The zero-order chi connectivity index (χ0) is 40.0. The van der Waals surface area contributed by atoms with Crippen LogP contribution in [0.5, 0.6) is 0 Å². The van der Waals surface area contributed by atoms with Gasteiger partial charge in [0, 0.05) is 101 Å². The van der Waals surface area contributed by atoms with Crippen LogP contribution in [-0.2, 0) is 16.1 Å². The number of carbonyl (C=O) groups is 5. The van der Waals surface area contributed by atoms with Crippen LogP contribution in [0.2, 0.25) is 5.02 Å². The number of likely N-dealkylation sites (tertiary alicyclic amines) is 1. The molecule has 0 unspecified atom stereocenters. The molecule has 6 amide bonds. The molecule has 13 nitrogen and oxygen atoms in total. The highest BCUT2D eigenvalue weighted by atomic mass is 35.5. The van der Waals surface area contributed by atoms with Gasteiger partial charge in [-0.2, -0.15) is 5.10 Å². The van der Waals surface area contributed by atoms with E-state index in [0.717, 1.165) is 16.7 Å². The number of amides is 6. The second-order valence-corrected chi connectivity index (χ2v) is 15.2. The van der Waals surface area contributed by atoms with Gasteiger partial charge in [0.05, 0.1) is 16.2 Å². The molecule has 5 heterocycles. The molecule has 0 aliphatic carbocycles. The molecule has 0 atom stereocenters. The number of nitrogens with one attached hydrogen (secondary N) is 2. The number of carbonyl (C=O) groups excluding carboxylic acids is 5. The Kier molecular flexibility index (Phi) is 10.1. The lowest BCUT2D eigenvalue weighted by Crippen LogP contribution is -2.50. The number of aromatic amines is 1. The van der Waals surface area contributed by atoms with Crippen LogP contribution in [0.3, 0.4) is 0 Å². The van der Waals surface area contributed by atoms with E-state index in [-0.39, 0.29) is 66.7 Å². The first-order valence-electron chi connectivity index (χ1n) is 18.8. The lowest BCUT2D eigenvalue weighted by Gasteiger charge is -2.40. The highest BCUT2D eigenvalue weighted by Gasteiger charge is 2.34. The van der Waals surface area contributed by atoms with Gasteiger partial charge in [-0.05, 0) is 65.1 Å². The van der Waals surface area contributed by atoms with Crippen LogP contribution in [0, 0.1) is 5.82 Å². The van der Waals surface area contributed by atoms with Crippen LogP contribution in [-0.4, -0.2) is 106 Å². The average molecular weight is 791 g/mol. The number of hydrogen-bond donors (Lipinski definition) is 2. The highest BCUT2D eigenvalue weighted by Crippen LogP contribution is 2.38. The fourth-order valence-corrected chi connectivity index (χ4v) is 7.88. The van der Waals surface area contributed by atoms with Gasteiger partial charge in [0.25, 0.3) is 11.8 Å². The molecule has 5 aromatic rings. The normalized spacial score (nSPS) is 16.1. The summed E-state index contributed by atoms with van der Waals surface area (Å²) in [7, 11) is 3.28. The number of anilines is 1. The molecule has 2 saturated heterocycles. The Morgan fingerprint density at radius 1 is 0.982 bits per heavy atom. The smallest absolute Gasteiger partial charge is 0.328 e. The van der Waals surface area contributed by atoms with Gasteiger partial charge in [-0.25, -0.2) is 9.18 Å². The number of rotatable bonds is 9. The van der Waals surface area contributed by atoms with Crippen molar-refractivity contribution in [1.29, 1.82) is 0 Å². The van der Waals surface area contributed by atoms with E-state index in [1.54, 1.807) is 59.0 Å². The largest absolute Gasteiger partial charge is 0.348 e. The predicted molar refractivity (Wildman–Crippen MR) is 213 cm³/mol. The van der Waals surface area contributed by atoms with Gasteiger partial charge in [-0.15, -0.1) is 0 Å². The maximum atomic E-state index is 16.5. The first-order valence-corrected chi connectivity index (χ1v) is 19.1. The van der Waals surface area contributed by atoms with E-state index in [1.807, 2.05) is 48.7 Å². The van der Waals surface area contributed by atoms with Gasteiger partial charge < -0.3 is 19.7 Å². The molecule has 3 aliphatic rings. The second-order valence-electron chi connectivity index (χ2n) is 14.8. The van der Waals surface area contributed by atoms with E-state index >= 15 is 4.39 Å². The molecule has 3 aliphatic heterocycles. The number of halogens is 2. The van der Waals surface area contributed by atoms with Crippen molar-refractivity contribution in [3.05, 3.63) is 112 Å². The van der Waals surface area contributed by atoms with Crippen LogP contribution in [0.4, 0.5) is 14.9 Å². The van der Waals surface area contributed by atoms with Crippen molar-refractivity contribution >= 4 is 63.4 Å². The Balaban J connectivity index is 1.02. The zero-order valence-corrected chi connectivity index (χ0v) is 32.2. The fourth-order valence-electron chi connectivity index (χ4n) is 7.66. The summed E-state index contributed by atoms with van der Waals surface area (Å²) < 4.78 is 18.2. The summed E-state index contributed by atoms with van der Waals surface area (Å²) in [4.78, 5) is 73.1. The van der Waals surface area contributed by atoms with Crippen molar-refractivity contribution in [2.75, 3.05) is 51.7 Å². The Labute approximate surface area is 332 Å². The number of benzene rings is 3. The Morgan fingerprint density at radius 2 is 1.77 bits per heavy atom.